The Morgan fingerprint density at radius 1 is 1.20 bits per heavy atom. The number of nitrogens with zero attached hydrogens (tertiary/aromatic N) is 1. The number of amides is 1. The second-order valence-electron chi connectivity index (χ2n) is 6.12. The molecule has 7 nitrogen and oxygen atoms in total. The first-order chi connectivity index (χ1) is 12.0. The van der Waals surface area contributed by atoms with Crippen molar-refractivity contribution in [2.75, 3.05) is 52.4 Å². The number of carbonyl (C=O) groups excluding carboxylic acids is 1. The number of piperidine rings is 1. The third-order valence-electron chi connectivity index (χ3n) is 4.55. The molecule has 2 aliphatic heterocycles. The first-order valence-corrected chi connectivity index (χ1v) is 8.65. The van der Waals surface area contributed by atoms with Crippen molar-refractivity contribution >= 4 is 23.2 Å². The molecule has 0 radical (unpaired) electrons. The van der Waals surface area contributed by atoms with E-state index in [-0.39, 0.29) is 5.91 Å². The van der Waals surface area contributed by atoms with Gasteiger partial charge in [-0.2, -0.15) is 0 Å². The summed E-state index contributed by atoms with van der Waals surface area (Å²) in [6.45, 7) is 3.12. The molecule has 2 aliphatic rings. The van der Waals surface area contributed by atoms with Crippen LogP contribution in [0.4, 0.5) is 5.69 Å². The molecule has 0 aromatic heterocycles. The van der Waals surface area contributed by atoms with Gasteiger partial charge in [-0.05, 0) is 0 Å². The number of benzene rings is 1. The van der Waals surface area contributed by atoms with Crippen LogP contribution in [0.25, 0.3) is 0 Å². The largest absolute Gasteiger partial charge is 0.495 e. The van der Waals surface area contributed by atoms with Gasteiger partial charge >= 0.3 is 0 Å². The van der Waals surface area contributed by atoms with Gasteiger partial charge in [0.25, 0.3) is 0 Å². The maximum absolute atomic E-state index is 12.4. The maximum atomic E-state index is 12.4. The molecule has 0 saturated carbocycles. The van der Waals surface area contributed by atoms with Crippen molar-refractivity contribution in [3.63, 3.8) is 0 Å². The summed E-state index contributed by atoms with van der Waals surface area (Å²) in [5.41, 5.74) is 0.532. The maximum Gasteiger partial charge on any atom is 0.238 e. The highest BCUT2D eigenvalue weighted by Crippen LogP contribution is 2.36. The fourth-order valence-corrected chi connectivity index (χ4v) is 3.42. The van der Waals surface area contributed by atoms with Crippen molar-refractivity contribution in [3.05, 3.63) is 17.2 Å². The summed E-state index contributed by atoms with van der Waals surface area (Å²) in [6, 6.07) is 3.28. The number of halogens is 1. The highest BCUT2D eigenvalue weighted by molar-refractivity contribution is 6.32. The minimum absolute atomic E-state index is 0.119. The van der Waals surface area contributed by atoms with E-state index in [0.717, 1.165) is 25.9 Å². The monoisotopic (exact) mass is 370 g/mol. The standard InChI is InChI=1S/C17H23ClN2O5/c1-22-14-10-13(15(23-2)9-12(14)18)19-16(21)11-20-5-3-17(4-6-20)24-7-8-25-17/h9-10H,3-8,11H2,1-2H3,(H,19,21). The Kier molecular flexibility index (Phi) is 5.68. The molecule has 1 N–H and O–H groups in total. The molecule has 1 aromatic rings. The normalized spacial score (nSPS) is 19.8. The second-order valence-corrected chi connectivity index (χ2v) is 6.53. The molecule has 0 atom stereocenters. The van der Waals surface area contributed by atoms with Gasteiger partial charge < -0.3 is 24.3 Å². The Labute approximate surface area is 152 Å². The summed E-state index contributed by atoms with van der Waals surface area (Å²) < 4.78 is 21.9. The number of hydrogen-bond acceptors (Lipinski definition) is 6. The summed E-state index contributed by atoms with van der Waals surface area (Å²) in [7, 11) is 3.05. The molecule has 2 saturated heterocycles. The lowest BCUT2D eigenvalue weighted by Gasteiger charge is -2.37. The Hall–Kier alpha value is -1.54. The van der Waals surface area contributed by atoms with Gasteiger partial charge in [0.15, 0.2) is 5.79 Å². The molecule has 2 heterocycles. The van der Waals surface area contributed by atoms with Gasteiger partial charge in [0, 0.05) is 38.1 Å². The minimum Gasteiger partial charge on any atom is -0.495 e. The Morgan fingerprint density at radius 3 is 2.44 bits per heavy atom. The van der Waals surface area contributed by atoms with Gasteiger partial charge in [-0.15, -0.1) is 0 Å². The number of hydrogen-bond donors (Lipinski definition) is 1. The smallest absolute Gasteiger partial charge is 0.238 e. The van der Waals surface area contributed by atoms with Gasteiger partial charge in [-0.3, -0.25) is 9.69 Å². The van der Waals surface area contributed by atoms with Crippen molar-refractivity contribution in [1.82, 2.24) is 4.90 Å². The van der Waals surface area contributed by atoms with Crippen LogP contribution in [0.2, 0.25) is 5.02 Å². The van der Waals surface area contributed by atoms with E-state index in [0.29, 0.717) is 42.0 Å². The molecule has 25 heavy (non-hydrogen) atoms. The molecule has 1 aromatic carbocycles. The molecule has 3 rings (SSSR count). The van der Waals surface area contributed by atoms with E-state index in [1.807, 2.05) is 0 Å². The number of anilines is 1. The third-order valence-corrected chi connectivity index (χ3v) is 4.84. The van der Waals surface area contributed by atoms with Crippen LogP contribution in [0.1, 0.15) is 12.8 Å². The van der Waals surface area contributed by atoms with Crippen LogP contribution in [0.5, 0.6) is 11.5 Å². The highest BCUT2D eigenvalue weighted by Gasteiger charge is 2.39. The molecular weight excluding hydrogens is 348 g/mol. The van der Waals surface area contributed by atoms with E-state index >= 15 is 0 Å². The van der Waals surface area contributed by atoms with Gasteiger partial charge in [-0.1, -0.05) is 11.6 Å². The molecular formula is C17H23ClN2O5. The average Bonchev–Trinajstić information content (AvgIpc) is 3.06. The van der Waals surface area contributed by atoms with Crippen LogP contribution in [0.3, 0.4) is 0 Å². The van der Waals surface area contributed by atoms with Crippen molar-refractivity contribution in [2.45, 2.75) is 18.6 Å². The third kappa shape index (κ3) is 4.17. The fraction of sp³-hybridized carbons (Fsp3) is 0.588. The quantitative estimate of drug-likeness (QED) is 0.856. The van der Waals surface area contributed by atoms with Crippen molar-refractivity contribution in [2.24, 2.45) is 0 Å². The number of likely N-dealkylation sites (tertiary alicyclic amines) is 1. The summed E-state index contributed by atoms with van der Waals surface area (Å²) >= 11 is 6.08. The van der Waals surface area contributed by atoms with Crippen LogP contribution in [-0.4, -0.2) is 63.7 Å². The predicted molar refractivity (Wildman–Crippen MR) is 93.5 cm³/mol. The molecule has 8 heteroatoms. The van der Waals surface area contributed by atoms with Crippen LogP contribution >= 0.6 is 11.6 Å². The Balaban J connectivity index is 1.58. The minimum atomic E-state index is -0.431. The number of methoxy groups -OCH3 is 2. The topological polar surface area (TPSA) is 69.3 Å². The van der Waals surface area contributed by atoms with E-state index in [1.54, 1.807) is 12.1 Å². The number of rotatable bonds is 5. The van der Waals surface area contributed by atoms with Crippen molar-refractivity contribution < 1.29 is 23.7 Å². The summed E-state index contributed by atoms with van der Waals surface area (Å²) in [5.74, 6) is 0.421. The van der Waals surface area contributed by atoms with Crippen molar-refractivity contribution in [3.8, 4) is 11.5 Å². The number of ether oxygens (including phenoxy) is 4. The zero-order chi connectivity index (χ0) is 17.9. The summed E-state index contributed by atoms with van der Waals surface area (Å²) in [5, 5.41) is 3.29. The van der Waals surface area contributed by atoms with Gasteiger partial charge in [-0.25, -0.2) is 0 Å². The highest BCUT2D eigenvalue weighted by atomic mass is 35.5. The fourth-order valence-electron chi connectivity index (χ4n) is 3.19. The zero-order valence-electron chi connectivity index (χ0n) is 14.5. The molecule has 1 amide bonds. The molecule has 0 bridgehead atoms. The van der Waals surface area contributed by atoms with Crippen molar-refractivity contribution in [1.29, 1.82) is 0 Å². The molecule has 138 valence electrons. The van der Waals surface area contributed by atoms with Crippen LogP contribution in [-0.2, 0) is 14.3 Å². The predicted octanol–water partition coefficient (Wildman–Crippen LogP) is 2.13. The Bertz CT molecular complexity index is 624. The van der Waals surface area contributed by atoms with E-state index in [4.69, 9.17) is 30.5 Å². The van der Waals surface area contributed by atoms with E-state index in [1.165, 1.54) is 14.2 Å². The average molecular weight is 371 g/mol. The SMILES string of the molecule is COc1cc(NC(=O)CN2CCC3(CC2)OCCO3)c(OC)cc1Cl. The first kappa shape index (κ1) is 18.3. The van der Waals surface area contributed by atoms with Crippen LogP contribution in [0.15, 0.2) is 12.1 Å². The van der Waals surface area contributed by atoms with E-state index < -0.39 is 5.79 Å². The van der Waals surface area contributed by atoms with E-state index in [9.17, 15) is 4.79 Å². The molecule has 1 spiro atoms. The first-order valence-electron chi connectivity index (χ1n) is 8.27. The van der Waals surface area contributed by atoms with Gasteiger partial charge in [0.05, 0.1) is 44.7 Å². The lowest BCUT2D eigenvalue weighted by atomic mass is 10.0. The van der Waals surface area contributed by atoms with Gasteiger partial charge in [0.1, 0.15) is 11.5 Å². The number of nitrogens with one attached hydrogen (secondary N) is 1. The molecule has 2 fully saturated rings. The molecule has 0 unspecified atom stereocenters. The van der Waals surface area contributed by atoms with Crippen LogP contribution in [0, 0.1) is 0 Å². The molecule has 0 aliphatic carbocycles. The summed E-state index contributed by atoms with van der Waals surface area (Å²) in [6.07, 6.45) is 1.55. The lowest BCUT2D eigenvalue weighted by Crippen LogP contribution is -2.47. The lowest BCUT2D eigenvalue weighted by molar-refractivity contribution is -0.185. The van der Waals surface area contributed by atoms with E-state index in [2.05, 4.69) is 10.2 Å². The van der Waals surface area contributed by atoms with Crippen LogP contribution < -0.4 is 14.8 Å². The zero-order valence-corrected chi connectivity index (χ0v) is 15.2. The number of carbonyl (C=O) groups is 1. The summed E-state index contributed by atoms with van der Waals surface area (Å²) in [4.78, 5) is 14.5. The second kappa shape index (κ2) is 7.78. The van der Waals surface area contributed by atoms with Gasteiger partial charge in [0.2, 0.25) is 5.91 Å². The Morgan fingerprint density at radius 2 is 1.84 bits per heavy atom.